The summed E-state index contributed by atoms with van der Waals surface area (Å²) in [4.78, 5) is 13.8. The Kier molecular flexibility index (Phi) is 6.33. The molecule has 0 heterocycles. The van der Waals surface area contributed by atoms with Crippen molar-refractivity contribution < 1.29 is 22.3 Å². The van der Waals surface area contributed by atoms with Crippen LogP contribution in [0.5, 0.6) is 5.75 Å². The van der Waals surface area contributed by atoms with E-state index >= 15 is 0 Å². The third-order valence-electron chi connectivity index (χ3n) is 4.08. The minimum atomic E-state index is -3.75. The first-order valence-corrected chi connectivity index (χ1v) is 9.50. The van der Waals surface area contributed by atoms with E-state index in [-0.39, 0.29) is 35.6 Å². The Bertz CT molecular complexity index is 869. The number of primary sulfonamides is 1. The van der Waals surface area contributed by atoms with Gasteiger partial charge in [-0.05, 0) is 36.8 Å². The lowest BCUT2D eigenvalue weighted by Crippen LogP contribution is -2.30. The van der Waals surface area contributed by atoms with Crippen LogP contribution in [0.3, 0.4) is 0 Å². The summed E-state index contributed by atoms with van der Waals surface area (Å²) in [5.41, 5.74) is 0.767. The molecular weight excluding hydrogens is 359 g/mol. The lowest BCUT2D eigenvalue weighted by atomic mass is 10.1. The van der Waals surface area contributed by atoms with Crippen molar-refractivity contribution >= 4 is 15.9 Å². The Morgan fingerprint density at radius 2 is 1.81 bits per heavy atom. The molecule has 0 fully saturated rings. The third-order valence-corrected chi connectivity index (χ3v) is 5.00. The van der Waals surface area contributed by atoms with Crippen LogP contribution in [-0.4, -0.2) is 32.9 Å². The van der Waals surface area contributed by atoms with Gasteiger partial charge in [-0.3, -0.25) is 4.79 Å². The first kappa shape index (κ1) is 19.9. The van der Waals surface area contributed by atoms with Crippen LogP contribution < -0.4 is 9.88 Å². The van der Waals surface area contributed by atoms with Crippen LogP contribution in [0.25, 0.3) is 0 Å². The lowest BCUT2D eigenvalue weighted by Gasteiger charge is -2.25. The van der Waals surface area contributed by atoms with Gasteiger partial charge in [-0.15, -0.1) is 0 Å². The summed E-state index contributed by atoms with van der Waals surface area (Å²) in [7, 11) is -2.11. The highest BCUT2D eigenvalue weighted by molar-refractivity contribution is 7.89. The molecule has 0 aromatic heterocycles. The molecular formula is C18H21FN2O4S. The molecule has 0 saturated heterocycles. The number of carbonyl (C=O) groups is 1. The Labute approximate surface area is 152 Å². The van der Waals surface area contributed by atoms with E-state index in [4.69, 9.17) is 9.88 Å². The summed E-state index contributed by atoms with van der Waals surface area (Å²) in [5.74, 6) is -0.546. The van der Waals surface area contributed by atoms with Crippen molar-refractivity contribution in [2.75, 3.05) is 13.7 Å². The summed E-state index contributed by atoms with van der Waals surface area (Å²) in [5, 5.41) is 5.07. The quantitative estimate of drug-likeness (QED) is 0.799. The van der Waals surface area contributed by atoms with Crippen molar-refractivity contribution in [2.45, 2.75) is 24.3 Å². The minimum absolute atomic E-state index is 0.0146. The fourth-order valence-corrected chi connectivity index (χ4v) is 2.88. The van der Waals surface area contributed by atoms with Gasteiger partial charge in [0, 0.05) is 7.05 Å². The van der Waals surface area contributed by atoms with E-state index < -0.39 is 15.8 Å². The summed E-state index contributed by atoms with van der Waals surface area (Å²) in [6.45, 7) is 1.88. The van der Waals surface area contributed by atoms with Gasteiger partial charge in [0.1, 0.15) is 0 Å². The number of para-hydroxylation sites is 1. The highest BCUT2D eigenvalue weighted by Gasteiger charge is 2.18. The molecule has 0 aliphatic heterocycles. The molecule has 6 nitrogen and oxygen atoms in total. The number of amides is 1. The van der Waals surface area contributed by atoms with E-state index in [2.05, 4.69) is 0 Å². The number of rotatable bonds is 7. The van der Waals surface area contributed by atoms with Gasteiger partial charge in [-0.1, -0.05) is 24.3 Å². The normalized spacial score (nSPS) is 12.5. The van der Waals surface area contributed by atoms with Crippen molar-refractivity contribution in [2.24, 2.45) is 5.14 Å². The zero-order valence-corrected chi connectivity index (χ0v) is 15.4. The summed E-state index contributed by atoms with van der Waals surface area (Å²) in [6.07, 6.45) is 0.0877. The maximum atomic E-state index is 13.5. The van der Waals surface area contributed by atoms with Gasteiger partial charge >= 0.3 is 0 Å². The molecule has 2 rings (SSSR count). The Hall–Kier alpha value is -2.45. The zero-order valence-electron chi connectivity index (χ0n) is 14.6. The van der Waals surface area contributed by atoms with Crippen molar-refractivity contribution in [3.8, 4) is 5.75 Å². The molecule has 0 spiro atoms. The van der Waals surface area contributed by atoms with Gasteiger partial charge in [0.15, 0.2) is 11.6 Å². The number of hydrogen-bond donors (Lipinski definition) is 1. The smallest absolute Gasteiger partial charge is 0.238 e. The molecule has 140 valence electrons. The van der Waals surface area contributed by atoms with Gasteiger partial charge in [0.2, 0.25) is 15.9 Å². The van der Waals surface area contributed by atoms with Crippen LogP contribution in [0, 0.1) is 5.82 Å². The molecule has 2 aromatic rings. The highest BCUT2D eigenvalue weighted by atomic mass is 32.2. The summed E-state index contributed by atoms with van der Waals surface area (Å²) in [6, 6.07) is 11.8. The highest BCUT2D eigenvalue weighted by Crippen LogP contribution is 2.21. The monoisotopic (exact) mass is 380 g/mol. The van der Waals surface area contributed by atoms with Crippen LogP contribution in [0.2, 0.25) is 0 Å². The Morgan fingerprint density at radius 1 is 1.19 bits per heavy atom. The SMILES string of the molecule is CC(c1ccc(S(N)(=O)=O)cc1)N(C)C(=O)CCOc1ccccc1F. The predicted molar refractivity (Wildman–Crippen MR) is 95.5 cm³/mol. The molecule has 0 aliphatic carbocycles. The first-order chi connectivity index (χ1) is 12.2. The van der Waals surface area contributed by atoms with E-state index in [9.17, 15) is 17.6 Å². The zero-order chi connectivity index (χ0) is 19.3. The predicted octanol–water partition coefficient (Wildman–Crippen LogP) is 2.46. The van der Waals surface area contributed by atoms with Crippen LogP contribution in [0.1, 0.15) is 24.9 Å². The van der Waals surface area contributed by atoms with Crippen LogP contribution >= 0.6 is 0 Å². The number of carbonyl (C=O) groups excluding carboxylic acids is 1. The fourth-order valence-electron chi connectivity index (χ4n) is 2.36. The standard InChI is InChI=1S/C18H21FN2O4S/c1-13(14-7-9-15(10-8-14)26(20,23)24)21(2)18(22)11-12-25-17-6-4-3-5-16(17)19/h3-10,13H,11-12H2,1-2H3,(H2,20,23,24). The van der Waals surface area contributed by atoms with E-state index in [1.54, 1.807) is 31.3 Å². The minimum Gasteiger partial charge on any atom is -0.490 e. The summed E-state index contributed by atoms with van der Waals surface area (Å²) >= 11 is 0. The first-order valence-electron chi connectivity index (χ1n) is 7.96. The van der Waals surface area contributed by atoms with Crippen LogP contribution in [-0.2, 0) is 14.8 Å². The number of ether oxygens (including phenoxy) is 1. The second-order valence-electron chi connectivity index (χ2n) is 5.82. The number of benzene rings is 2. The molecule has 0 bridgehead atoms. The number of nitrogens with two attached hydrogens (primary N) is 1. The van der Waals surface area contributed by atoms with Gasteiger partial charge in [0.25, 0.3) is 0 Å². The van der Waals surface area contributed by atoms with Crippen molar-refractivity contribution in [3.05, 3.63) is 59.9 Å². The van der Waals surface area contributed by atoms with E-state index in [1.807, 2.05) is 6.92 Å². The van der Waals surface area contributed by atoms with Crippen LogP contribution in [0.15, 0.2) is 53.4 Å². The average molecular weight is 380 g/mol. The van der Waals surface area contributed by atoms with E-state index in [0.717, 1.165) is 5.56 Å². The Balaban J connectivity index is 1.93. The molecule has 1 atom stereocenters. The molecule has 2 N–H and O–H groups in total. The molecule has 0 aliphatic rings. The average Bonchev–Trinajstić information content (AvgIpc) is 2.61. The van der Waals surface area contributed by atoms with Gasteiger partial charge in [-0.2, -0.15) is 0 Å². The molecule has 0 saturated carbocycles. The number of hydrogen-bond acceptors (Lipinski definition) is 4. The second-order valence-corrected chi connectivity index (χ2v) is 7.38. The molecule has 1 amide bonds. The van der Waals surface area contributed by atoms with Gasteiger partial charge in [0.05, 0.1) is 24.0 Å². The number of nitrogens with zero attached hydrogens (tertiary/aromatic N) is 1. The molecule has 2 aromatic carbocycles. The van der Waals surface area contributed by atoms with Crippen molar-refractivity contribution in [1.82, 2.24) is 4.90 Å². The van der Waals surface area contributed by atoms with E-state index in [0.29, 0.717) is 0 Å². The molecule has 1 unspecified atom stereocenters. The van der Waals surface area contributed by atoms with Crippen molar-refractivity contribution in [3.63, 3.8) is 0 Å². The maximum absolute atomic E-state index is 13.5. The van der Waals surface area contributed by atoms with Gasteiger partial charge < -0.3 is 9.64 Å². The fraction of sp³-hybridized carbons (Fsp3) is 0.278. The summed E-state index contributed by atoms with van der Waals surface area (Å²) < 4.78 is 41.3. The number of sulfonamides is 1. The molecule has 8 heteroatoms. The van der Waals surface area contributed by atoms with Crippen molar-refractivity contribution in [1.29, 1.82) is 0 Å². The lowest BCUT2D eigenvalue weighted by molar-refractivity contribution is -0.132. The topological polar surface area (TPSA) is 89.7 Å². The largest absolute Gasteiger partial charge is 0.490 e. The maximum Gasteiger partial charge on any atom is 0.238 e. The van der Waals surface area contributed by atoms with Gasteiger partial charge in [-0.25, -0.2) is 17.9 Å². The van der Waals surface area contributed by atoms with Crippen LogP contribution in [0.4, 0.5) is 4.39 Å². The van der Waals surface area contributed by atoms with E-state index in [1.165, 1.54) is 29.2 Å². The second kappa shape index (κ2) is 8.29. The third kappa shape index (κ3) is 5.03. The molecule has 0 radical (unpaired) electrons. The molecule has 26 heavy (non-hydrogen) atoms. The number of halogens is 1. The Morgan fingerprint density at radius 3 is 2.38 bits per heavy atom.